The van der Waals surface area contributed by atoms with E-state index in [2.05, 4.69) is 28.8 Å². The number of rotatable bonds is 11. The highest BCUT2D eigenvalue weighted by Gasteiger charge is 2.15. The van der Waals surface area contributed by atoms with Gasteiger partial charge >= 0.3 is 0 Å². The van der Waals surface area contributed by atoms with Gasteiger partial charge in [0.2, 0.25) is 0 Å². The molecular weight excluding hydrogens is 286 g/mol. The van der Waals surface area contributed by atoms with E-state index in [4.69, 9.17) is 9.47 Å². The van der Waals surface area contributed by atoms with E-state index in [1.807, 2.05) is 11.8 Å². The van der Waals surface area contributed by atoms with E-state index in [1.165, 1.54) is 18.6 Å². The Hall–Kier alpha value is -0.460. The second-order valence-corrected chi connectivity index (χ2v) is 6.08. The third-order valence-electron chi connectivity index (χ3n) is 3.23. The molecule has 6 heteroatoms. The van der Waals surface area contributed by atoms with Crippen molar-refractivity contribution in [3.05, 3.63) is 0 Å². The summed E-state index contributed by atoms with van der Waals surface area (Å²) in [6, 6.07) is 0. The molecule has 21 heavy (non-hydrogen) atoms. The highest BCUT2D eigenvalue weighted by Crippen LogP contribution is 2.08. The average Bonchev–Trinajstić information content (AvgIpc) is 3.00. The number of ether oxygens (including phenoxy) is 2. The summed E-state index contributed by atoms with van der Waals surface area (Å²) in [5.41, 5.74) is 0. The van der Waals surface area contributed by atoms with Crippen molar-refractivity contribution in [3.8, 4) is 0 Å². The Morgan fingerprint density at radius 1 is 1.33 bits per heavy atom. The zero-order chi connectivity index (χ0) is 15.2. The summed E-state index contributed by atoms with van der Waals surface area (Å²) in [4.78, 5) is 4.57. The van der Waals surface area contributed by atoms with Crippen LogP contribution in [0.5, 0.6) is 0 Å². The molecule has 1 aliphatic heterocycles. The maximum Gasteiger partial charge on any atom is 0.191 e. The lowest BCUT2D eigenvalue weighted by atomic mass is 10.3. The Kier molecular flexibility index (Phi) is 11.7. The summed E-state index contributed by atoms with van der Waals surface area (Å²) in [5, 5.41) is 6.66. The number of aliphatic imine (C=N–C) groups is 1. The van der Waals surface area contributed by atoms with Crippen molar-refractivity contribution in [3.63, 3.8) is 0 Å². The lowest BCUT2D eigenvalue weighted by molar-refractivity contribution is 0.0424. The second-order valence-electron chi connectivity index (χ2n) is 5.10. The van der Waals surface area contributed by atoms with Crippen molar-refractivity contribution in [2.24, 2.45) is 4.99 Å². The van der Waals surface area contributed by atoms with Gasteiger partial charge in [-0.2, -0.15) is 11.8 Å². The Morgan fingerprint density at radius 3 is 2.95 bits per heavy atom. The summed E-state index contributed by atoms with van der Waals surface area (Å²) >= 11 is 1.90. The number of unbranched alkanes of at least 4 members (excludes halogenated alkanes) is 1. The van der Waals surface area contributed by atoms with Gasteiger partial charge in [0, 0.05) is 32.8 Å². The van der Waals surface area contributed by atoms with Crippen LogP contribution in [-0.4, -0.2) is 63.5 Å². The summed E-state index contributed by atoms with van der Waals surface area (Å²) in [7, 11) is 0. The van der Waals surface area contributed by atoms with Crippen LogP contribution in [0.25, 0.3) is 0 Å². The Bertz CT molecular complexity index is 272. The lowest BCUT2D eigenvalue weighted by Crippen LogP contribution is -2.38. The number of nitrogens with one attached hydrogen (secondary N) is 2. The van der Waals surface area contributed by atoms with Gasteiger partial charge in [-0.15, -0.1) is 0 Å². The van der Waals surface area contributed by atoms with Crippen LogP contribution in [-0.2, 0) is 9.47 Å². The summed E-state index contributed by atoms with van der Waals surface area (Å²) < 4.78 is 11.0. The number of thioether (sulfide) groups is 1. The average molecular weight is 317 g/mol. The largest absolute Gasteiger partial charge is 0.379 e. The minimum atomic E-state index is 0.303. The first kappa shape index (κ1) is 18.6. The molecule has 0 aromatic heterocycles. The monoisotopic (exact) mass is 317 g/mol. The molecule has 1 rings (SSSR count). The Morgan fingerprint density at radius 2 is 2.24 bits per heavy atom. The van der Waals surface area contributed by atoms with Crippen LogP contribution in [0, 0.1) is 0 Å². The predicted octanol–water partition coefficient (Wildman–Crippen LogP) is 1.88. The minimum absolute atomic E-state index is 0.303. The van der Waals surface area contributed by atoms with Crippen molar-refractivity contribution in [2.75, 3.05) is 51.5 Å². The predicted molar refractivity (Wildman–Crippen MR) is 91.4 cm³/mol. The van der Waals surface area contributed by atoms with Gasteiger partial charge in [0.05, 0.1) is 12.7 Å². The molecule has 124 valence electrons. The zero-order valence-electron chi connectivity index (χ0n) is 13.5. The van der Waals surface area contributed by atoms with Crippen molar-refractivity contribution < 1.29 is 9.47 Å². The number of hydrogen-bond donors (Lipinski definition) is 2. The lowest BCUT2D eigenvalue weighted by Gasteiger charge is -2.12. The molecule has 0 amide bonds. The van der Waals surface area contributed by atoms with E-state index in [0.29, 0.717) is 6.10 Å². The van der Waals surface area contributed by atoms with Gasteiger partial charge in [-0.3, -0.25) is 4.99 Å². The van der Waals surface area contributed by atoms with Gasteiger partial charge in [0.25, 0.3) is 0 Å². The van der Waals surface area contributed by atoms with Crippen molar-refractivity contribution in [2.45, 2.75) is 38.7 Å². The molecule has 2 N–H and O–H groups in total. The number of nitrogens with zero attached hydrogens (tertiary/aromatic N) is 1. The standard InChI is InChI=1S/C15H31N3O2S/c1-3-16-15(17-8-4-5-12-21-2)18-9-6-10-20-14-7-11-19-13-14/h14H,3-13H2,1-2H3,(H2,16,17,18). The first-order valence-corrected chi connectivity index (χ1v) is 9.46. The van der Waals surface area contributed by atoms with Gasteiger partial charge in [0.15, 0.2) is 5.96 Å². The van der Waals surface area contributed by atoms with Crippen LogP contribution in [0.15, 0.2) is 4.99 Å². The van der Waals surface area contributed by atoms with Crippen LogP contribution < -0.4 is 10.6 Å². The maximum atomic E-state index is 5.73. The molecule has 1 saturated heterocycles. The molecule has 1 unspecified atom stereocenters. The van der Waals surface area contributed by atoms with Gasteiger partial charge < -0.3 is 20.1 Å². The van der Waals surface area contributed by atoms with Crippen molar-refractivity contribution in [1.82, 2.24) is 10.6 Å². The normalized spacial score (nSPS) is 19.0. The van der Waals surface area contributed by atoms with Crippen LogP contribution in [0.3, 0.4) is 0 Å². The fourth-order valence-electron chi connectivity index (χ4n) is 2.07. The molecule has 0 saturated carbocycles. The smallest absolute Gasteiger partial charge is 0.191 e. The molecule has 1 atom stereocenters. The topological polar surface area (TPSA) is 54.9 Å². The first-order chi connectivity index (χ1) is 10.4. The summed E-state index contributed by atoms with van der Waals surface area (Å²) in [6.07, 6.45) is 6.89. The third-order valence-corrected chi connectivity index (χ3v) is 3.92. The van der Waals surface area contributed by atoms with E-state index in [0.717, 1.165) is 58.3 Å². The molecular formula is C15H31N3O2S. The minimum Gasteiger partial charge on any atom is -0.379 e. The maximum absolute atomic E-state index is 5.73. The first-order valence-electron chi connectivity index (χ1n) is 8.07. The Labute approximate surface area is 133 Å². The molecule has 0 radical (unpaired) electrons. The van der Waals surface area contributed by atoms with Crippen molar-refractivity contribution >= 4 is 17.7 Å². The molecule has 1 fully saturated rings. The molecule has 1 heterocycles. The van der Waals surface area contributed by atoms with Gasteiger partial charge in [-0.25, -0.2) is 0 Å². The van der Waals surface area contributed by atoms with Gasteiger partial charge in [-0.05, 0) is 44.6 Å². The summed E-state index contributed by atoms with van der Waals surface area (Å²) in [6.45, 7) is 7.14. The molecule has 0 spiro atoms. The van der Waals surface area contributed by atoms with Crippen LogP contribution >= 0.6 is 11.8 Å². The zero-order valence-corrected chi connectivity index (χ0v) is 14.3. The molecule has 5 nitrogen and oxygen atoms in total. The molecule has 0 aromatic rings. The second kappa shape index (κ2) is 13.2. The molecule has 1 aliphatic rings. The van der Waals surface area contributed by atoms with E-state index < -0.39 is 0 Å². The van der Waals surface area contributed by atoms with Crippen LogP contribution in [0.1, 0.15) is 32.6 Å². The van der Waals surface area contributed by atoms with E-state index in [1.54, 1.807) is 0 Å². The number of guanidine groups is 1. The van der Waals surface area contributed by atoms with E-state index >= 15 is 0 Å². The Balaban J connectivity index is 2.06. The van der Waals surface area contributed by atoms with Gasteiger partial charge in [-0.1, -0.05) is 0 Å². The number of hydrogen-bond acceptors (Lipinski definition) is 4. The SMILES string of the molecule is CCNC(=NCCCOC1CCOC1)NCCCCSC. The summed E-state index contributed by atoms with van der Waals surface area (Å²) in [5.74, 6) is 2.16. The molecule has 0 aromatic carbocycles. The highest BCUT2D eigenvalue weighted by molar-refractivity contribution is 7.98. The fraction of sp³-hybridized carbons (Fsp3) is 0.933. The van der Waals surface area contributed by atoms with E-state index in [-0.39, 0.29) is 0 Å². The third kappa shape index (κ3) is 9.98. The van der Waals surface area contributed by atoms with Crippen LogP contribution in [0.2, 0.25) is 0 Å². The van der Waals surface area contributed by atoms with Crippen molar-refractivity contribution in [1.29, 1.82) is 0 Å². The molecule has 0 aliphatic carbocycles. The highest BCUT2D eigenvalue weighted by atomic mass is 32.2. The fourth-order valence-corrected chi connectivity index (χ4v) is 2.56. The van der Waals surface area contributed by atoms with Gasteiger partial charge in [0.1, 0.15) is 0 Å². The van der Waals surface area contributed by atoms with E-state index in [9.17, 15) is 0 Å². The quantitative estimate of drug-likeness (QED) is 0.346. The van der Waals surface area contributed by atoms with Crippen LogP contribution in [0.4, 0.5) is 0 Å². The molecule has 0 bridgehead atoms.